The molecule has 1 aromatic heterocycles. The number of nitrogens with zero attached hydrogens (tertiary/aromatic N) is 1. The predicted molar refractivity (Wildman–Crippen MR) is 78.2 cm³/mol. The summed E-state index contributed by atoms with van der Waals surface area (Å²) in [6.07, 6.45) is 5.43. The third-order valence-electron chi connectivity index (χ3n) is 4.36. The normalized spacial score (nSPS) is 27.7. The molecule has 2 atom stereocenters. The van der Waals surface area contributed by atoms with E-state index in [9.17, 15) is 4.79 Å². The summed E-state index contributed by atoms with van der Waals surface area (Å²) < 4.78 is 0. The van der Waals surface area contributed by atoms with Gasteiger partial charge in [-0.25, -0.2) is 0 Å². The van der Waals surface area contributed by atoms with Crippen LogP contribution in [0.1, 0.15) is 43.7 Å². The van der Waals surface area contributed by atoms with Gasteiger partial charge in [-0.1, -0.05) is 0 Å². The zero-order chi connectivity index (χ0) is 13.1. The molecule has 1 amide bonds. The van der Waals surface area contributed by atoms with Crippen molar-refractivity contribution in [1.29, 1.82) is 0 Å². The lowest BCUT2D eigenvalue weighted by atomic mass is 9.95. The first kappa shape index (κ1) is 13.1. The van der Waals surface area contributed by atoms with Crippen LogP contribution in [0.4, 0.5) is 0 Å². The fraction of sp³-hybridized carbons (Fsp3) is 0.667. The lowest BCUT2D eigenvalue weighted by Crippen LogP contribution is -2.36. The Morgan fingerprint density at radius 3 is 3.11 bits per heavy atom. The second kappa shape index (κ2) is 6.06. The van der Waals surface area contributed by atoms with Crippen LogP contribution < -0.4 is 5.32 Å². The smallest absolute Gasteiger partial charge is 0.223 e. The van der Waals surface area contributed by atoms with Crippen molar-refractivity contribution in [3.63, 3.8) is 0 Å². The molecule has 19 heavy (non-hydrogen) atoms. The van der Waals surface area contributed by atoms with Gasteiger partial charge in [-0.2, -0.15) is 11.3 Å². The molecule has 0 spiro atoms. The Labute approximate surface area is 119 Å². The Morgan fingerprint density at radius 1 is 1.42 bits per heavy atom. The van der Waals surface area contributed by atoms with E-state index in [2.05, 4.69) is 27.0 Å². The SMILES string of the molecule is O=C(CC1CCCNC1)N1CCCC1c1ccsc1. The molecule has 3 nitrogen and oxygen atoms in total. The van der Waals surface area contributed by atoms with Crippen LogP contribution in [0.15, 0.2) is 16.8 Å². The van der Waals surface area contributed by atoms with E-state index < -0.39 is 0 Å². The molecule has 0 aromatic carbocycles. The van der Waals surface area contributed by atoms with E-state index in [4.69, 9.17) is 0 Å². The summed E-state index contributed by atoms with van der Waals surface area (Å²) in [6, 6.07) is 2.51. The van der Waals surface area contributed by atoms with Crippen LogP contribution in [0.2, 0.25) is 0 Å². The van der Waals surface area contributed by atoms with Gasteiger partial charge in [-0.15, -0.1) is 0 Å². The van der Waals surface area contributed by atoms with E-state index in [-0.39, 0.29) is 0 Å². The first-order valence-corrected chi connectivity index (χ1v) is 8.31. The highest BCUT2D eigenvalue weighted by atomic mass is 32.1. The maximum atomic E-state index is 12.5. The molecule has 2 aliphatic rings. The van der Waals surface area contributed by atoms with Gasteiger partial charge < -0.3 is 10.2 Å². The van der Waals surface area contributed by atoms with E-state index in [1.807, 2.05) is 0 Å². The van der Waals surface area contributed by atoms with Crippen molar-refractivity contribution in [3.8, 4) is 0 Å². The van der Waals surface area contributed by atoms with Gasteiger partial charge in [0.2, 0.25) is 5.91 Å². The summed E-state index contributed by atoms with van der Waals surface area (Å²) in [5.74, 6) is 0.910. The monoisotopic (exact) mass is 278 g/mol. The van der Waals surface area contributed by atoms with Gasteiger partial charge in [0.15, 0.2) is 0 Å². The third-order valence-corrected chi connectivity index (χ3v) is 5.06. The fourth-order valence-electron chi connectivity index (χ4n) is 3.34. The van der Waals surface area contributed by atoms with Crippen LogP contribution in [0.5, 0.6) is 0 Å². The molecule has 3 heterocycles. The fourth-order valence-corrected chi connectivity index (χ4v) is 4.05. The zero-order valence-corrected chi connectivity index (χ0v) is 12.1. The molecule has 2 aliphatic heterocycles. The van der Waals surface area contributed by atoms with Gasteiger partial charge >= 0.3 is 0 Å². The number of carbonyl (C=O) groups excluding carboxylic acids is 1. The predicted octanol–water partition coefficient (Wildman–Crippen LogP) is 2.80. The number of likely N-dealkylation sites (tertiary alicyclic amines) is 1. The topological polar surface area (TPSA) is 32.3 Å². The highest BCUT2D eigenvalue weighted by Crippen LogP contribution is 2.34. The molecular formula is C15H22N2OS. The van der Waals surface area contributed by atoms with Gasteiger partial charge in [-0.3, -0.25) is 4.79 Å². The molecular weight excluding hydrogens is 256 g/mol. The van der Waals surface area contributed by atoms with Gasteiger partial charge in [0, 0.05) is 13.0 Å². The number of nitrogens with one attached hydrogen (secondary N) is 1. The van der Waals surface area contributed by atoms with Gasteiger partial charge in [0.25, 0.3) is 0 Å². The highest BCUT2D eigenvalue weighted by molar-refractivity contribution is 7.07. The van der Waals surface area contributed by atoms with Crippen LogP contribution in [-0.4, -0.2) is 30.4 Å². The first-order chi connectivity index (χ1) is 9.34. The molecule has 1 aromatic rings. The molecule has 0 bridgehead atoms. The summed E-state index contributed by atoms with van der Waals surface area (Å²) in [5, 5.41) is 7.71. The first-order valence-electron chi connectivity index (χ1n) is 7.37. The van der Waals surface area contributed by atoms with Crippen molar-refractivity contribution in [3.05, 3.63) is 22.4 Å². The molecule has 2 fully saturated rings. The largest absolute Gasteiger partial charge is 0.336 e. The van der Waals surface area contributed by atoms with Crippen LogP contribution in [0.3, 0.4) is 0 Å². The Bertz CT molecular complexity index is 412. The van der Waals surface area contributed by atoms with Crippen LogP contribution in [0, 0.1) is 5.92 Å². The maximum absolute atomic E-state index is 12.5. The number of carbonyl (C=O) groups is 1. The van der Waals surface area contributed by atoms with Crippen molar-refractivity contribution in [2.24, 2.45) is 5.92 Å². The molecule has 0 aliphatic carbocycles. The molecule has 4 heteroatoms. The lowest BCUT2D eigenvalue weighted by molar-refractivity contribution is -0.133. The van der Waals surface area contributed by atoms with E-state index in [0.717, 1.165) is 38.9 Å². The standard InChI is InChI=1S/C15H22N2OS/c18-15(9-12-3-1-6-16-10-12)17-7-2-4-14(17)13-5-8-19-11-13/h5,8,11-12,14,16H,1-4,6-7,9-10H2. The summed E-state index contributed by atoms with van der Waals surface area (Å²) >= 11 is 1.73. The summed E-state index contributed by atoms with van der Waals surface area (Å²) in [4.78, 5) is 14.6. The molecule has 1 N–H and O–H groups in total. The minimum absolute atomic E-state index is 0.343. The molecule has 104 valence electrons. The highest BCUT2D eigenvalue weighted by Gasteiger charge is 2.31. The molecule has 0 radical (unpaired) electrons. The molecule has 3 rings (SSSR count). The van der Waals surface area contributed by atoms with Gasteiger partial charge in [0.1, 0.15) is 0 Å². The number of amides is 1. The lowest BCUT2D eigenvalue weighted by Gasteiger charge is -2.28. The van der Waals surface area contributed by atoms with E-state index in [1.165, 1.54) is 18.4 Å². The van der Waals surface area contributed by atoms with Gasteiger partial charge in [-0.05, 0) is 67.1 Å². The molecule has 0 saturated carbocycles. The third kappa shape index (κ3) is 3.00. The van der Waals surface area contributed by atoms with Crippen molar-refractivity contribution in [1.82, 2.24) is 10.2 Å². The summed E-state index contributed by atoms with van der Waals surface area (Å²) in [6.45, 7) is 3.08. The molecule has 2 saturated heterocycles. The summed E-state index contributed by atoms with van der Waals surface area (Å²) in [5.41, 5.74) is 1.33. The summed E-state index contributed by atoms with van der Waals surface area (Å²) in [7, 11) is 0. The Balaban J connectivity index is 1.62. The second-order valence-corrected chi connectivity index (χ2v) is 6.50. The van der Waals surface area contributed by atoms with Crippen LogP contribution >= 0.6 is 11.3 Å². The quantitative estimate of drug-likeness (QED) is 0.922. The van der Waals surface area contributed by atoms with E-state index in [1.54, 1.807) is 11.3 Å². The van der Waals surface area contributed by atoms with Crippen LogP contribution in [0.25, 0.3) is 0 Å². The van der Waals surface area contributed by atoms with Crippen molar-refractivity contribution >= 4 is 17.2 Å². The average Bonchev–Trinajstić information content (AvgIpc) is 3.10. The number of rotatable bonds is 3. The number of hydrogen-bond acceptors (Lipinski definition) is 3. The average molecular weight is 278 g/mol. The Kier molecular flexibility index (Phi) is 4.18. The molecule has 2 unspecified atom stereocenters. The van der Waals surface area contributed by atoms with Crippen LogP contribution in [-0.2, 0) is 4.79 Å². The minimum atomic E-state index is 0.343. The van der Waals surface area contributed by atoms with E-state index >= 15 is 0 Å². The van der Waals surface area contributed by atoms with Crippen molar-refractivity contribution in [2.75, 3.05) is 19.6 Å². The second-order valence-electron chi connectivity index (χ2n) is 5.72. The number of thiophene rings is 1. The minimum Gasteiger partial charge on any atom is -0.336 e. The van der Waals surface area contributed by atoms with E-state index in [0.29, 0.717) is 17.9 Å². The number of hydrogen-bond donors (Lipinski definition) is 1. The van der Waals surface area contributed by atoms with Gasteiger partial charge in [0.05, 0.1) is 6.04 Å². The van der Waals surface area contributed by atoms with Crippen molar-refractivity contribution < 1.29 is 4.79 Å². The Morgan fingerprint density at radius 2 is 2.37 bits per heavy atom. The van der Waals surface area contributed by atoms with Crippen molar-refractivity contribution in [2.45, 2.75) is 38.1 Å². The Hall–Kier alpha value is -0.870. The number of piperidine rings is 1. The maximum Gasteiger partial charge on any atom is 0.223 e. The zero-order valence-electron chi connectivity index (χ0n) is 11.3.